The maximum absolute atomic E-state index is 12.9. The van der Waals surface area contributed by atoms with Gasteiger partial charge in [0.2, 0.25) is 0 Å². The summed E-state index contributed by atoms with van der Waals surface area (Å²) in [5.41, 5.74) is 0.562. The Morgan fingerprint density at radius 1 is 1.23 bits per heavy atom. The average molecular weight is 385 g/mol. The van der Waals surface area contributed by atoms with Gasteiger partial charge in [0, 0.05) is 18.5 Å². The van der Waals surface area contributed by atoms with E-state index >= 15 is 0 Å². The lowest BCUT2D eigenvalue weighted by Gasteiger charge is -2.17. The summed E-state index contributed by atoms with van der Waals surface area (Å²) < 4.78 is 41.4. The molecule has 0 aliphatic heterocycles. The van der Waals surface area contributed by atoms with Gasteiger partial charge in [-0.2, -0.15) is 13.2 Å². The summed E-state index contributed by atoms with van der Waals surface area (Å²) in [5, 5.41) is 0.487. The molecular weight excluding hydrogens is 369 g/mol. The van der Waals surface area contributed by atoms with Crippen molar-refractivity contribution in [1.29, 1.82) is 0 Å². The molecule has 9 heteroatoms. The van der Waals surface area contributed by atoms with E-state index in [1.807, 2.05) is 0 Å². The van der Waals surface area contributed by atoms with E-state index in [4.69, 9.17) is 11.6 Å². The van der Waals surface area contributed by atoms with Crippen LogP contribution < -0.4 is 5.56 Å². The molecule has 26 heavy (non-hydrogen) atoms. The Morgan fingerprint density at radius 3 is 2.50 bits per heavy atom. The molecule has 0 aliphatic carbocycles. The zero-order valence-electron chi connectivity index (χ0n) is 14.1. The Labute approximate surface area is 152 Å². The third-order valence-corrected chi connectivity index (χ3v) is 4.50. The first-order chi connectivity index (χ1) is 12.2. The van der Waals surface area contributed by atoms with E-state index < -0.39 is 17.7 Å². The first kappa shape index (κ1) is 18.4. The molecule has 1 unspecified atom stereocenters. The summed E-state index contributed by atoms with van der Waals surface area (Å²) in [6.07, 6.45) is -3.01. The predicted octanol–water partition coefficient (Wildman–Crippen LogP) is 3.90. The summed E-state index contributed by atoms with van der Waals surface area (Å²) >= 11 is 5.89. The standard InChI is InChI=1S/C17H16ClF3N4O/c1-10(17(19,20)21)3-8-13-23-15-14(22-9-24(15)2)16(26)25(13)12-6-4-11(18)5-7-12/h4-7,9-10H,3,8H2,1-2H3. The van der Waals surface area contributed by atoms with Crippen molar-refractivity contribution in [2.45, 2.75) is 25.9 Å². The molecule has 2 heterocycles. The summed E-state index contributed by atoms with van der Waals surface area (Å²) in [6, 6.07) is 6.45. The van der Waals surface area contributed by atoms with Gasteiger partial charge in [-0.15, -0.1) is 0 Å². The number of benzene rings is 1. The maximum Gasteiger partial charge on any atom is 0.391 e. The van der Waals surface area contributed by atoms with Crippen LogP contribution in [0.5, 0.6) is 0 Å². The summed E-state index contributed by atoms with van der Waals surface area (Å²) in [6.45, 7) is 1.12. The number of halogens is 4. The number of nitrogens with zero attached hydrogens (tertiary/aromatic N) is 4. The number of aryl methyl sites for hydroxylation is 2. The molecule has 1 aromatic carbocycles. The molecule has 0 saturated heterocycles. The molecule has 0 fully saturated rings. The average Bonchev–Trinajstić information content (AvgIpc) is 2.94. The van der Waals surface area contributed by atoms with Gasteiger partial charge in [-0.1, -0.05) is 18.5 Å². The number of alkyl halides is 3. The summed E-state index contributed by atoms with van der Waals surface area (Å²) in [4.78, 5) is 21.4. The Hall–Kier alpha value is -2.35. The molecule has 0 amide bonds. The van der Waals surface area contributed by atoms with Gasteiger partial charge in [-0.05, 0) is 30.7 Å². The molecule has 0 saturated carbocycles. The molecule has 138 valence electrons. The van der Waals surface area contributed by atoms with Crippen molar-refractivity contribution in [3.63, 3.8) is 0 Å². The highest BCUT2D eigenvalue weighted by atomic mass is 35.5. The molecule has 3 rings (SSSR count). The van der Waals surface area contributed by atoms with Crippen molar-refractivity contribution in [2.75, 3.05) is 0 Å². The number of hydrogen-bond donors (Lipinski definition) is 0. The predicted molar refractivity (Wildman–Crippen MR) is 92.7 cm³/mol. The highest BCUT2D eigenvalue weighted by Gasteiger charge is 2.35. The van der Waals surface area contributed by atoms with Crippen molar-refractivity contribution < 1.29 is 13.2 Å². The molecule has 3 aromatic rings. The second-order valence-corrected chi connectivity index (χ2v) is 6.59. The van der Waals surface area contributed by atoms with Crippen LogP contribution in [0.1, 0.15) is 19.2 Å². The van der Waals surface area contributed by atoms with Crippen LogP contribution in [0.4, 0.5) is 13.2 Å². The maximum atomic E-state index is 12.9. The van der Waals surface area contributed by atoms with Crippen molar-refractivity contribution in [3.8, 4) is 5.69 Å². The lowest BCUT2D eigenvalue weighted by Crippen LogP contribution is -2.26. The number of aromatic nitrogens is 4. The second-order valence-electron chi connectivity index (χ2n) is 6.15. The molecule has 2 aromatic heterocycles. The van der Waals surface area contributed by atoms with Gasteiger partial charge in [0.25, 0.3) is 5.56 Å². The summed E-state index contributed by atoms with van der Waals surface area (Å²) in [7, 11) is 1.68. The Morgan fingerprint density at radius 2 is 1.88 bits per heavy atom. The number of imidazole rings is 1. The largest absolute Gasteiger partial charge is 0.391 e. The van der Waals surface area contributed by atoms with Gasteiger partial charge < -0.3 is 4.57 Å². The van der Waals surface area contributed by atoms with Crippen LogP contribution in [0.2, 0.25) is 5.02 Å². The normalized spacial score (nSPS) is 13.3. The molecular formula is C17H16ClF3N4O. The topological polar surface area (TPSA) is 52.7 Å². The van der Waals surface area contributed by atoms with Crippen LogP contribution in [0.15, 0.2) is 35.4 Å². The van der Waals surface area contributed by atoms with E-state index in [9.17, 15) is 18.0 Å². The van der Waals surface area contributed by atoms with Crippen LogP contribution in [0, 0.1) is 5.92 Å². The monoisotopic (exact) mass is 384 g/mol. The Bertz CT molecular complexity index is 992. The highest BCUT2D eigenvalue weighted by Crippen LogP contribution is 2.29. The smallest absolute Gasteiger partial charge is 0.318 e. The quantitative estimate of drug-likeness (QED) is 0.685. The van der Waals surface area contributed by atoms with E-state index in [-0.39, 0.29) is 24.2 Å². The van der Waals surface area contributed by atoms with Gasteiger partial charge in [-0.3, -0.25) is 9.36 Å². The molecule has 1 atom stereocenters. The fraction of sp³-hybridized carbons (Fsp3) is 0.353. The first-order valence-electron chi connectivity index (χ1n) is 7.94. The van der Waals surface area contributed by atoms with Crippen LogP contribution in [-0.4, -0.2) is 25.3 Å². The van der Waals surface area contributed by atoms with Gasteiger partial charge in [0.15, 0.2) is 11.2 Å². The van der Waals surface area contributed by atoms with Crippen molar-refractivity contribution in [3.05, 3.63) is 51.8 Å². The van der Waals surface area contributed by atoms with Gasteiger partial charge >= 0.3 is 6.18 Å². The van der Waals surface area contributed by atoms with E-state index in [0.717, 1.165) is 6.92 Å². The Kier molecular flexibility index (Phi) is 4.79. The van der Waals surface area contributed by atoms with E-state index in [2.05, 4.69) is 9.97 Å². The molecule has 0 spiro atoms. The minimum absolute atomic E-state index is 0.000334. The molecule has 0 aliphatic rings. The van der Waals surface area contributed by atoms with Crippen molar-refractivity contribution in [2.24, 2.45) is 13.0 Å². The fourth-order valence-corrected chi connectivity index (χ4v) is 2.76. The third kappa shape index (κ3) is 3.46. The van der Waals surface area contributed by atoms with Crippen LogP contribution >= 0.6 is 11.6 Å². The first-order valence-corrected chi connectivity index (χ1v) is 8.32. The minimum atomic E-state index is -4.29. The highest BCUT2D eigenvalue weighted by molar-refractivity contribution is 6.30. The fourth-order valence-electron chi connectivity index (χ4n) is 2.64. The molecule has 5 nitrogen and oxygen atoms in total. The van der Waals surface area contributed by atoms with E-state index in [1.165, 1.54) is 10.9 Å². The van der Waals surface area contributed by atoms with Gasteiger partial charge in [0.1, 0.15) is 5.82 Å². The van der Waals surface area contributed by atoms with E-state index in [1.54, 1.807) is 35.9 Å². The van der Waals surface area contributed by atoms with Crippen molar-refractivity contribution in [1.82, 2.24) is 19.1 Å². The number of fused-ring (bicyclic) bond motifs is 1. The van der Waals surface area contributed by atoms with Crippen molar-refractivity contribution >= 4 is 22.8 Å². The number of rotatable bonds is 4. The van der Waals surface area contributed by atoms with E-state index in [0.29, 0.717) is 16.4 Å². The third-order valence-electron chi connectivity index (χ3n) is 4.25. The molecule has 0 N–H and O–H groups in total. The Balaban J connectivity index is 2.12. The van der Waals surface area contributed by atoms with Gasteiger partial charge in [0.05, 0.1) is 17.9 Å². The van der Waals surface area contributed by atoms with Crippen LogP contribution in [0.25, 0.3) is 16.9 Å². The zero-order chi connectivity index (χ0) is 19.1. The van der Waals surface area contributed by atoms with Crippen LogP contribution in [0.3, 0.4) is 0 Å². The number of hydrogen-bond acceptors (Lipinski definition) is 3. The zero-order valence-corrected chi connectivity index (χ0v) is 14.8. The lowest BCUT2D eigenvalue weighted by molar-refractivity contribution is -0.171. The van der Waals surface area contributed by atoms with Crippen LogP contribution in [-0.2, 0) is 13.5 Å². The second kappa shape index (κ2) is 6.75. The SMILES string of the molecule is CC(CCc1nc2c(ncn2C)c(=O)n1-c1ccc(Cl)cc1)C(F)(F)F. The van der Waals surface area contributed by atoms with Gasteiger partial charge in [-0.25, -0.2) is 9.97 Å². The minimum Gasteiger partial charge on any atom is -0.318 e. The molecule has 0 radical (unpaired) electrons. The summed E-state index contributed by atoms with van der Waals surface area (Å²) in [5.74, 6) is -1.25. The molecule has 0 bridgehead atoms. The lowest BCUT2D eigenvalue weighted by atomic mass is 10.0.